The molecule has 4 nitrogen and oxygen atoms in total. The third kappa shape index (κ3) is 1.02. The van der Waals surface area contributed by atoms with Gasteiger partial charge in [0.15, 0.2) is 5.76 Å². The van der Waals surface area contributed by atoms with E-state index in [2.05, 4.69) is 9.53 Å². The number of carbonyl (C=O) groups excluding carboxylic acids is 1. The van der Waals surface area contributed by atoms with Gasteiger partial charge >= 0.3 is 5.91 Å². The molecule has 0 aliphatic carbocycles. The van der Waals surface area contributed by atoms with Crippen molar-refractivity contribution in [2.75, 3.05) is 0 Å². The van der Waals surface area contributed by atoms with E-state index in [4.69, 9.17) is 5.53 Å². The second-order valence-corrected chi connectivity index (χ2v) is 1.39. The van der Waals surface area contributed by atoms with E-state index in [9.17, 15) is 4.79 Å². The van der Waals surface area contributed by atoms with Gasteiger partial charge in [-0.2, -0.15) is 0 Å². The van der Waals surface area contributed by atoms with Crippen LogP contribution in [0.3, 0.4) is 0 Å². The first-order chi connectivity index (χ1) is 4.34. The molecule has 1 rings (SSSR count). The highest BCUT2D eigenvalue weighted by Crippen LogP contribution is 2.00. The smallest absolute Gasteiger partial charge is 0.330 e. The van der Waals surface area contributed by atoms with E-state index in [0.29, 0.717) is 0 Å². The molecule has 46 valence electrons. The molecule has 0 bridgehead atoms. The summed E-state index contributed by atoms with van der Waals surface area (Å²) >= 11 is 0. The molecule has 1 aromatic rings. The molecule has 1 amide bonds. The van der Waals surface area contributed by atoms with Crippen LogP contribution in [-0.4, -0.2) is 5.91 Å². The second-order valence-electron chi connectivity index (χ2n) is 1.39. The van der Waals surface area contributed by atoms with Crippen molar-refractivity contribution in [2.45, 2.75) is 0 Å². The Morgan fingerprint density at radius 2 is 2.56 bits per heavy atom. The third-order valence-corrected chi connectivity index (χ3v) is 0.834. The lowest BCUT2D eigenvalue weighted by Gasteiger charge is -1.80. The van der Waals surface area contributed by atoms with Gasteiger partial charge in [0, 0.05) is 0 Å². The van der Waals surface area contributed by atoms with Crippen LogP contribution in [-0.2, 0) is 0 Å². The fourth-order valence-corrected chi connectivity index (χ4v) is 0.455. The quantitative estimate of drug-likeness (QED) is 0.575. The van der Waals surface area contributed by atoms with Crippen molar-refractivity contribution >= 4 is 5.91 Å². The zero-order valence-corrected chi connectivity index (χ0v) is 4.50. The van der Waals surface area contributed by atoms with Crippen molar-refractivity contribution in [1.29, 1.82) is 5.53 Å². The maximum Gasteiger partial charge on any atom is 0.330 e. The Bertz CT molecular complexity index is 215. The summed E-state index contributed by atoms with van der Waals surface area (Å²) in [5.41, 5.74) is 6.30. The molecule has 0 saturated carbocycles. The standard InChI is InChI=1S/C5H4N2O2/c6-7-5(8)4-2-1-3-9-4/h1-3,6H. The van der Waals surface area contributed by atoms with Gasteiger partial charge in [-0.25, -0.2) is 5.53 Å². The minimum Gasteiger partial charge on any atom is -0.459 e. The van der Waals surface area contributed by atoms with E-state index in [0.717, 1.165) is 0 Å². The van der Waals surface area contributed by atoms with E-state index in [1.54, 1.807) is 6.07 Å². The summed E-state index contributed by atoms with van der Waals surface area (Å²) in [6.07, 6.45) is 1.36. The number of nitrogens with one attached hydrogen (secondary N) is 1. The van der Waals surface area contributed by atoms with Crippen LogP contribution in [0.5, 0.6) is 0 Å². The van der Waals surface area contributed by atoms with Gasteiger partial charge in [0.1, 0.15) is 0 Å². The Hall–Kier alpha value is -1.45. The maximum absolute atomic E-state index is 10.4. The molecule has 0 spiro atoms. The molecule has 0 aromatic carbocycles. The highest BCUT2D eigenvalue weighted by Gasteiger charge is 2.03. The first-order valence-electron chi connectivity index (χ1n) is 2.30. The summed E-state index contributed by atoms with van der Waals surface area (Å²) < 4.78 is 4.62. The van der Waals surface area contributed by atoms with Crippen LogP contribution in [0.25, 0.3) is 0 Å². The van der Waals surface area contributed by atoms with Crippen LogP contribution in [0.1, 0.15) is 10.6 Å². The van der Waals surface area contributed by atoms with Crippen molar-refractivity contribution in [3.63, 3.8) is 0 Å². The molecule has 0 unspecified atom stereocenters. The monoisotopic (exact) mass is 124 g/mol. The van der Waals surface area contributed by atoms with Crippen LogP contribution in [0.15, 0.2) is 27.9 Å². The molecule has 1 aromatic heterocycles. The largest absolute Gasteiger partial charge is 0.459 e. The Morgan fingerprint density at radius 3 is 3.00 bits per heavy atom. The predicted molar refractivity (Wildman–Crippen MR) is 28.2 cm³/mol. The zero-order valence-electron chi connectivity index (χ0n) is 4.50. The Labute approximate surface area is 51.0 Å². The molecular weight excluding hydrogens is 120 g/mol. The van der Waals surface area contributed by atoms with E-state index < -0.39 is 5.91 Å². The molecular formula is C5H4N2O2. The van der Waals surface area contributed by atoms with Gasteiger partial charge in [-0.3, -0.25) is 4.79 Å². The lowest BCUT2D eigenvalue weighted by molar-refractivity contribution is 0.0964. The van der Waals surface area contributed by atoms with Crippen LogP contribution >= 0.6 is 0 Å². The molecule has 0 saturated heterocycles. The van der Waals surface area contributed by atoms with Gasteiger partial charge in [0.25, 0.3) is 0 Å². The molecule has 0 radical (unpaired) electrons. The zero-order chi connectivity index (χ0) is 6.69. The summed E-state index contributed by atoms with van der Waals surface area (Å²) in [4.78, 5) is 10.4. The Balaban J connectivity index is 2.89. The van der Waals surface area contributed by atoms with E-state index in [-0.39, 0.29) is 5.76 Å². The second kappa shape index (κ2) is 2.21. The minimum atomic E-state index is -0.653. The minimum absolute atomic E-state index is 0.102. The van der Waals surface area contributed by atoms with E-state index in [1.807, 2.05) is 0 Å². The van der Waals surface area contributed by atoms with Crippen molar-refractivity contribution in [3.05, 3.63) is 24.2 Å². The molecule has 0 atom stereocenters. The number of nitrogens with zero attached hydrogens (tertiary/aromatic N) is 1. The average Bonchev–Trinajstić information content (AvgIpc) is 2.37. The van der Waals surface area contributed by atoms with Gasteiger partial charge in [0.05, 0.1) is 6.26 Å². The lowest BCUT2D eigenvalue weighted by Crippen LogP contribution is -1.87. The van der Waals surface area contributed by atoms with Crippen LogP contribution in [0.2, 0.25) is 0 Å². The molecule has 4 heteroatoms. The highest BCUT2D eigenvalue weighted by atomic mass is 16.3. The van der Waals surface area contributed by atoms with E-state index in [1.165, 1.54) is 12.3 Å². The van der Waals surface area contributed by atoms with Crippen molar-refractivity contribution in [3.8, 4) is 0 Å². The van der Waals surface area contributed by atoms with Crippen LogP contribution < -0.4 is 0 Å². The predicted octanol–water partition coefficient (Wildman–Crippen LogP) is 1.45. The number of carbonyl (C=O) groups is 1. The summed E-state index contributed by atoms with van der Waals surface area (Å²) in [5, 5.41) is 2.65. The number of furan rings is 1. The molecule has 0 aliphatic heterocycles. The first-order valence-corrected chi connectivity index (χ1v) is 2.30. The number of hydrogen-bond acceptors (Lipinski definition) is 3. The van der Waals surface area contributed by atoms with Crippen molar-refractivity contribution in [2.24, 2.45) is 5.11 Å². The fourth-order valence-electron chi connectivity index (χ4n) is 0.455. The lowest BCUT2D eigenvalue weighted by atomic mass is 10.4. The third-order valence-electron chi connectivity index (χ3n) is 0.834. The van der Waals surface area contributed by atoms with Gasteiger partial charge < -0.3 is 4.42 Å². The van der Waals surface area contributed by atoms with E-state index >= 15 is 0 Å². The summed E-state index contributed by atoms with van der Waals surface area (Å²) in [7, 11) is 0. The normalized spacial score (nSPS) is 8.89. The highest BCUT2D eigenvalue weighted by molar-refractivity contribution is 5.91. The number of rotatable bonds is 1. The molecule has 0 aliphatic rings. The number of hydrogen-bond donors (Lipinski definition) is 1. The van der Waals surface area contributed by atoms with Crippen LogP contribution in [0, 0.1) is 5.53 Å². The first kappa shape index (κ1) is 5.68. The Kier molecular flexibility index (Phi) is 1.40. The fraction of sp³-hybridized carbons (Fsp3) is 0. The Morgan fingerprint density at radius 1 is 1.78 bits per heavy atom. The molecule has 0 fully saturated rings. The van der Waals surface area contributed by atoms with Gasteiger partial charge in [-0.1, -0.05) is 0 Å². The van der Waals surface area contributed by atoms with Gasteiger partial charge in [0.2, 0.25) is 0 Å². The average molecular weight is 124 g/mol. The summed E-state index contributed by atoms with van der Waals surface area (Å²) in [5.74, 6) is -0.551. The topological polar surface area (TPSA) is 66.4 Å². The van der Waals surface area contributed by atoms with Crippen molar-refractivity contribution < 1.29 is 9.21 Å². The summed E-state index contributed by atoms with van der Waals surface area (Å²) in [6.45, 7) is 0. The molecule has 1 N–H and O–H groups in total. The SMILES string of the molecule is N=NC(=O)c1ccco1. The van der Waals surface area contributed by atoms with Gasteiger partial charge in [-0.15, -0.1) is 5.11 Å². The van der Waals surface area contributed by atoms with Crippen LogP contribution in [0.4, 0.5) is 0 Å². The molecule has 1 heterocycles. The van der Waals surface area contributed by atoms with Crippen molar-refractivity contribution in [1.82, 2.24) is 0 Å². The molecule has 9 heavy (non-hydrogen) atoms. The van der Waals surface area contributed by atoms with Gasteiger partial charge in [-0.05, 0) is 12.1 Å². The number of amides is 1. The maximum atomic E-state index is 10.4. The summed E-state index contributed by atoms with van der Waals surface area (Å²) in [6, 6.07) is 3.03.